The Morgan fingerprint density at radius 1 is 1.82 bits per heavy atom. The van der Waals surface area contributed by atoms with Gasteiger partial charge in [-0.15, -0.1) is 0 Å². The average Bonchev–Trinajstić information content (AvgIpc) is 1.93. The summed E-state index contributed by atoms with van der Waals surface area (Å²) >= 11 is 0. The van der Waals surface area contributed by atoms with Crippen LogP contribution in [0, 0.1) is 0 Å². The first kappa shape index (κ1) is 8.22. The molecule has 1 atom stereocenters. The predicted octanol–water partition coefficient (Wildman–Crippen LogP) is -0.203. The molecule has 2 N–H and O–H groups in total. The summed E-state index contributed by atoms with van der Waals surface area (Å²) in [6.07, 6.45) is -2.63. The topological polar surface area (TPSA) is 61.8 Å². The van der Waals surface area contributed by atoms with Gasteiger partial charge in [0.05, 0.1) is 13.2 Å². The highest BCUT2D eigenvalue weighted by Gasteiger charge is 2.23. The molecule has 6 heteroatoms. The summed E-state index contributed by atoms with van der Waals surface area (Å²) < 4.78 is 17.4. The fraction of sp³-hybridized carbons (Fsp3) is 0.800. The number of hydrazine groups is 1. The number of rotatable bonds is 1. The largest absolute Gasteiger partial charge is 0.464 e. The second-order valence-electron chi connectivity index (χ2n) is 2.12. The summed E-state index contributed by atoms with van der Waals surface area (Å²) in [6, 6.07) is 0. The monoisotopic (exact) mass is 164 g/mol. The number of hydrogen-bond acceptors (Lipinski definition) is 3. The normalized spacial score (nSPS) is 26.5. The quantitative estimate of drug-likeness (QED) is 0.527. The van der Waals surface area contributed by atoms with E-state index in [2.05, 4.69) is 0 Å². The minimum atomic E-state index is -1.38. The fourth-order valence-electron chi connectivity index (χ4n) is 0.822. The first-order valence-electron chi connectivity index (χ1n) is 3.18. The first-order chi connectivity index (χ1) is 5.20. The Labute approximate surface area is 62.7 Å². The summed E-state index contributed by atoms with van der Waals surface area (Å²) in [4.78, 5) is 10.1. The second kappa shape index (κ2) is 3.49. The molecule has 64 valence electrons. The van der Waals surface area contributed by atoms with Gasteiger partial charge in [-0.25, -0.2) is 9.18 Å². The zero-order valence-electron chi connectivity index (χ0n) is 5.79. The highest BCUT2D eigenvalue weighted by Crippen LogP contribution is 2.03. The summed E-state index contributed by atoms with van der Waals surface area (Å²) in [5.74, 6) is 0. The maximum Gasteiger partial charge on any atom is 0.419 e. The molecular weight excluding hydrogens is 155 g/mol. The lowest BCUT2D eigenvalue weighted by Gasteiger charge is -2.28. The molecule has 11 heavy (non-hydrogen) atoms. The molecule has 1 heterocycles. The fourth-order valence-corrected chi connectivity index (χ4v) is 0.822. The van der Waals surface area contributed by atoms with E-state index in [9.17, 15) is 9.18 Å². The van der Waals surface area contributed by atoms with Gasteiger partial charge in [0.25, 0.3) is 0 Å². The summed E-state index contributed by atoms with van der Waals surface area (Å²) in [7, 11) is 0. The third-order valence-corrected chi connectivity index (χ3v) is 1.31. The molecule has 0 aromatic carbocycles. The number of alkyl halides is 1. The number of nitrogens with one attached hydrogen (secondary N) is 1. The Morgan fingerprint density at radius 3 is 3.09 bits per heavy atom. The number of carbonyl (C=O) groups is 1. The van der Waals surface area contributed by atoms with Gasteiger partial charge >= 0.3 is 6.09 Å². The standard InChI is InChI=1S/C5H9FN2O3/c6-4-3-11-2-1-8(4)7-5(9)10/h4,7H,1-3H2,(H,9,10). The highest BCUT2D eigenvalue weighted by molar-refractivity contribution is 5.63. The van der Waals surface area contributed by atoms with Gasteiger partial charge in [-0.2, -0.15) is 5.01 Å². The van der Waals surface area contributed by atoms with E-state index in [0.717, 1.165) is 5.01 Å². The van der Waals surface area contributed by atoms with E-state index in [-0.39, 0.29) is 13.2 Å². The van der Waals surface area contributed by atoms with Crippen molar-refractivity contribution in [3.63, 3.8) is 0 Å². The molecule has 0 saturated carbocycles. The van der Waals surface area contributed by atoms with Crippen LogP contribution in [0.4, 0.5) is 9.18 Å². The van der Waals surface area contributed by atoms with Crippen molar-refractivity contribution < 1.29 is 19.0 Å². The molecule has 1 aliphatic rings. The van der Waals surface area contributed by atoms with Gasteiger partial charge in [0.2, 0.25) is 0 Å². The van der Waals surface area contributed by atoms with Crippen LogP contribution in [0.15, 0.2) is 0 Å². The minimum absolute atomic E-state index is 0.0831. The Hall–Kier alpha value is -0.880. The van der Waals surface area contributed by atoms with Crippen molar-refractivity contribution >= 4 is 6.09 Å². The Balaban J connectivity index is 2.35. The van der Waals surface area contributed by atoms with Crippen LogP contribution in [0.2, 0.25) is 0 Å². The van der Waals surface area contributed by atoms with Gasteiger partial charge in [0.15, 0.2) is 6.30 Å². The van der Waals surface area contributed by atoms with Gasteiger partial charge in [-0.1, -0.05) is 0 Å². The van der Waals surface area contributed by atoms with E-state index in [1.54, 1.807) is 0 Å². The molecule has 0 bridgehead atoms. The molecule has 0 spiro atoms. The Bertz CT molecular complexity index is 155. The summed E-state index contributed by atoms with van der Waals surface area (Å²) in [6.45, 7) is 0.508. The predicted molar refractivity (Wildman–Crippen MR) is 33.6 cm³/mol. The lowest BCUT2D eigenvalue weighted by atomic mass is 10.5. The number of ether oxygens (including phenoxy) is 1. The number of morpholine rings is 1. The molecule has 0 radical (unpaired) electrons. The summed E-state index contributed by atoms with van der Waals surface area (Å²) in [5.41, 5.74) is 1.93. The average molecular weight is 164 g/mol. The first-order valence-corrected chi connectivity index (χ1v) is 3.18. The minimum Gasteiger partial charge on any atom is -0.464 e. The highest BCUT2D eigenvalue weighted by atomic mass is 19.1. The van der Waals surface area contributed by atoms with Crippen molar-refractivity contribution in [2.75, 3.05) is 19.8 Å². The summed E-state index contributed by atoms with van der Waals surface area (Å²) in [5, 5.41) is 9.22. The zero-order valence-corrected chi connectivity index (χ0v) is 5.79. The molecule has 0 aliphatic carbocycles. The maximum absolute atomic E-state index is 12.7. The molecule has 0 aromatic heterocycles. The number of nitrogens with zero attached hydrogens (tertiary/aromatic N) is 1. The molecule has 1 fully saturated rings. The molecule has 1 amide bonds. The van der Waals surface area contributed by atoms with Gasteiger partial charge in [-0.05, 0) is 0 Å². The van der Waals surface area contributed by atoms with Gasteiger partial charge in [0.1, 0.15) is 0 Å². The Kier molecular flexibility index (Phi) is 2.61. The van der Waals surface area contributed by atoms with Crippen molar-refractivity contribution in [1.29, 1.82) is 0 Å². The van der Waals surface area contributed by atoms with Crippen LogP contribution in [-0.4, -0.2) is 42.3 Å². The smallest absolute Gasteiger partial charge is 0.419 e. The maximum atomic E-state index is 12.7. The van der Waals surface area contributed by atoms with E-state index in [1.165, 1.54) is 0 Å². The van der Waals surface area contributed by atoms with Gasteiger partial charge < -0.3 is 9.84 Å². The lowest BCUT2D eigenvalue weighted by molar-refractivity contribution is -0.0828. The number of carboxylic acid groups (broad SMARTS) is 1. The molecule has 1 aliphatic heterocycles. The van der Waals surface area contributed by atoms with Crippen LogP contribution < -0.4 is 5.43 Å². The van der Waals surface area contributed by atoms with E-state index >= 15 is 0 Å². The van der Waals surface area contributed by atoms with Crippen molar-refractivity contribution in [3.05, 3.63) is 0 Å². The number of halogens is 1. The molecule has 0 aromatic rings. The second-order valence-corrected chi connectivity index (χ2v) is 2.12. The van der Waals surface area contributed by atoms with E-state index < -0.39 is 12.4 Å². The zero-order chi connectivity index (χ0) is 8.27. The molecule has 1 rings (SSSR count). The van der Waals surface area contributed by atoms with Crippen LogP contribution in [0.1, 0.15) is 0 Å². The van der Waals surface area contributed by atoms with Crippen LogP contribution in [0.3, 0.4) is 0 Å². The lowest BCUT2D eigenvalue weighted by Crippen LogP contribution is -2.52. The third kappa shape index (κ3) is 2.32. The van der Waals surface area contributed by atoms with Gasteiger partial charge in [0, 0.05) is 6.54 Å². The molecular formula is C5H9FN2O3. The van der Waals surface area contributed by atoms with Crippen molar-refractivity contribution in [2.24, 2.45) is 0 Å². The number of amides is 1. The molecule has 5 nitrogen and oxygen atoms in total. The van der Waals surface area contributed by atoms with Crippen LogP contribution in [0.5, 0.6) is 0 Å². The van der Waals surface area contributed by atoms with Crippen molar-refractivity contribution in [2.45, 2.75) is 6.30 Å². The van der Waals surface area contributed by atoms with Crippen LogP contribution >= 0.6 is 0 Å². The van der Waals surface area contributed by atoms with Crippen LogP contribution in [0.25, 0.3) is 0 Å². The molecule has 1 saturated heterocycles. The van der Waals surface area contributed by atoms with Gasteiger partial charge in [-0.3, -0.25) is 5.43 Å². The van der Waals surface area contributed by atoms with Crippen LogP contribution in [-0.2, 0) is 4.74 Å². The van der Waals surface area contributed by atoms with E-state index in [1.807, 2.05) is 5.43 Å². The van der Waals surface area contributed by atoms with E-state index in [0.29, 0.717) is 6.61 Å². The van der Waals surface area contributed by atoms with Crippen molar-refractivity contribution in [3.8, 4) is 0 Å². The Morgan fingerprint density at radius 2 is 2.55 bits per heavy atom. The SMILES string of the molecule is O=C(O)NN1CCOCC1F. The third-order valence-electron chi connectivity index (χ3n) is 1.31. The molecule has 1 unspecified atom stereocenters. The van der Waals surface area contributed by atoms with E-state index in [4.69, 9.17) is 9.84 Å². The van der Waals surface area contributed by atoms with Crippen molar-refractivity contribution in [1.82, 2.24) is 10.4 Å². The number of hydrogen-bond donors (Lipinski definition) is 2.